The third-order valence-corrected chi connectivity index (χ3v) is 5.12. The van der Waals surface area contributed by atoms with Crippen LogP contribution < -0.4 is 15.5 Å². The summed E-state index contributed by atoms with van der Waals surface area (Å²) < 4.78 is 6.69. The van der Waals surface area contributed by atoms with Gasteiger partial charge in [0, 0.05) is 20.7 Å². The SMILES string of the molecule is Cc1ccc(NC(=O)C(=O)N/N=C\c2cc(Br)ccc2OCc2ccccc2)cc1Cl. The van der Waals surface area contributed by atoms with Gasteiger partial charge in [0.25, 0.3) is 0 Å². The Balaban J connectivity index is 1.61. The number of amides is 2. The summed E-state index contributed by atoms with van der Waals surface area (Å²) in [7, 11) is 0. The molecule has 0 fully saturated rings. The van der Waals surface area contributed by atoms with Gasteiger partial charge in [-0.25, -0.2) is 5.43 Å². The molecule has 2 amide bonds. The summed E-state index contributed by atoms with van der Waals surface area (Å²) in [5.41, 5.74) is 5.16. The molecule has 8 heteroatoms. The van der Waals surface area contributed by atoms with Gasteiger partial charge in [-0.05, 0) is 48.4 Å². The molecule has 0 aliphatic heterocycles. The summed E-state index contributed by atoms with van der Waals surface area (Å²) in [6.07, 6.45) is 1.42. The molecule has 3 rings (SSSR count). The number of hydrogen-bond donors (Lipinski definition) is 2. The van der Waals surface area contributed by atoms with Crippen LogP contribution in [-0.2, 0) is 16.2 Å². The monoisotopic (exact) mass is 499 g/mol. The summed E-state index contributed by atoms with van der Waals surface area (Å²) >= 11 is 9.43. The van der Waals surface area contributed by atoms with Crippen LogP contribution in [0.1, 0.15) is 16.7 Å². The van der Waals surface area contributed by atoms with Crippen molar-refractivity contribution in [3.05, 3.63) is 92.9 Å². The van der Waals surface area contributed by atoms with E-state index in [1.54, 1.807) is 30.3 Å². The summed E-state index contributed by atoms with van der Waals surface area (Å²) in [5.74, 6) is -1.18. The minimum absolute atomic E-state index is 0.386. The van der Waals surface area contributed by atoms with Crippen molar-refractivity contribution in [3.63, 3.8) is 0 Å². The van der Waals surface area contributed by atoms with Crippen molar-refractivity contribution >= 4 is 51.2 Å². The first-order valence-electron chi connectivity index (χ1n) is 9.29. The van der Waals surface area contributed by atoms with Gasteiger partial charge in [0.15, 0.2) is 0 Å². The molecule has 2 N–H and O–H groups in total. The second-order valence-electron chi connectivity index (χ2n) is 6.57. The number of rotatable bonds is 6. The first kappa shape index (κ1) is 22.5. The second-order valence-corrected chi connectivity index (χ2v) is 7.90. The van der Waals surface area contributed by atoms with Gasteiger partial charge < -0.3 is 10.1 Å². The fourth-order valence-electron chi connectivity index (χ4n) is 2.56. The quantitative estimate of drug-likeness (QED) is 0.281. The molecule has 0 aromatic heterocycles. The number of hydrazone groups is 1. The Bertz CT molecular complexity index is 1120. The number of anilines is 1. The smallest absolute Gasteiger partial charge is 0.329 e. The fraction of sp³-hybridized carbons (Fsp3) is 0.0870. The highest BCUT2D eigenvalue weighted by atomic mass is 79.9. The van der Waals surface area contributed by atoms with Gasteiger partial charge in [-0.2, -0.15) is 5.10 Å². The number of benzene rings is 3. The van der Waals surface area contributed by atoms with E-state index in [2.05, 4.69) is 31.8 Å². The summed E-state index contributed by atoms with van der Waals surface area (Å²) in [5, 5.41) is 6.85. The Morgan fingerprint density at radius 1 is 1.06 bits per heavy atom. The maximum Gasteiger partial charge on any atom is 0.329 e. The standard InChI is InChI=1S/C23H19BrClN3O3/c1-15-7-9-19(12-20(15)25)27-22(29)23(30)28-26-13-17-11-18(24)8-10-21(17)31-14-16-5-3-2-4-6-16/h2-13H,14H2,1H3,(H,27,29)(H,28,30)/b26-13-. The number of halogens is 2. The Kier molecular flexibility index (Phi) is 7.81. The Morgan fingerprint density at radius 2 is 1.84 bits per heavy atom. The molecule has 6 nitrogen and oxygen atoms in total. The second kappa shape index (κ2) is 10.7. The van der Waals surface area contributed by atoms with E-state index in [-0.39, 0.29) is 0 Å². The molecular formula is C23H19BrClN3O3. The van der Waals surface area contributed by atoms with Crippen molar-refractivity contribution in [2.75, 3.05) is 5.32 Å². The summed E-state index contributed by atoms with van der Waals surface area (Å²) in [6, 6.07) is 20.2. The van der Waals surface area contributed by atoms with Crippen molar-refractivity contribution in [2.45, 2.75) is 13.5 Å². The summed E-state index contributed by atoms with van der Waals surface area (Å²) in [4.78, 5) is 24.1. The van der Waals surface area contributed by atoms with Gasteiger partial charge in [-0.15, -0.1) is 0 Å². The lowest BCUT2D eigenvalue weighted by molar-refractivity contribution is -0.136. The molecule has 0 bridgehead atoms. The number of carbonyl (C=O) groups excluding carboxylic acids is 2. The number of aryl methyl sites for hydroxylation is 1. The Hall–Kier alpha value is -3.16. The largest absolute Gasteiger partial charge is 0.488 e. The Labute approximate surface area is 193 Å². The van der Waals surface area contributed by atoms with E-state index < -0.39 is 11.8 Å². The van der Waals surface area contributed by atoms with E-state index in [9.17, 15) is 9.59 Å². The van der Waals surface area contributed by atoms with Gasteiger partial charge >= 0.3 is 11.8 Å². The van der Waals surface area contributed by atoms with Gasteiger partial charge in [0.2, 0.25) is 0 Å². The number of nitrogens with zero attached hydrogens (tertiary/aromatic N) is 1. The van der Waals surface area contributed by atoms with Crippen molar-refractivity contribution < 1.29 is 14.3 Å². The van der Waals surface area contributed by atoms with Crippen LogP contribution in [0.3, 0.4) is 0 Å². The normalized spacial score (nSPS) is 10.7. The van der Waals surface area contributed by atoms with Crippen LogP contribution in [0.5, 0.6) is 5.75 Å². The zero-order valence-electron chi connectivity index (χ0n) is 16.6. The van der Waals surface area contributed by atoms with E-state index >= 15 is 0 Å². The van der Waals surface area contributed by atoms with E-state index in [1.807, 2.05) is 43.3 Å². The molecule has 3 aromatic carbocycles. The lowest BCUT2D eigenvalue weighted by atomic mass is 10.2. The lowest BCUT2D eigenvalue weighted by Gasteiger charge is -2.10. The molecule has 31 heavy (non-hydrogen) atoms. The van der Waals surface area contributed by atoms with Gasteiger partial charge in [0.05, 0.1) is 6.21 Å². The lowest BCUT2D eigenvalue weighted by Crippen LogP contribution is -2.32. The molecule has 0 unspecified atom stereocenters. The molecule has 158 valence electrons. The molecule has 0 saturated heterocycles. The molecule has 0 radical (unpaired) electrons. The molecule has 0 saturated carbocycles. The number of hydrogen-bond acceptors (Lipinski definition) is 4. The topological polar surface area (TPSA) is 79.8 Å². The van der Waals surface area contributed by atoms with Crippen LogP contribution >= 0.6 is 27.5 Å². The first-order chi connectivity index (χ1) is 14.9. The predicted molar refractivity (Wildman–Crippen MR) is 125 cm³/mol. The van der Waals surface area contributed by atoms with Crippen LogP contribution in [-0.4, -0.2) is 18.0 Å². The highest BCUT2D eigenvalue weighted by Gasteiger charge is 2.13. The van der Waals surface area contributed by atoms with Crippen LogP contribution in [0.2, 0.25) is 5.02 Å². The third kappa shape index (κ3) is 6.67. The molecule has 3 aromatic rings. The maximum absolute atomic E-state index is 12.1. The molecule has 0 spiro atoms. The van der Waals surface area contributed by atoms with Crippen molar-refractivity contribution in [3.8, 4) is 5.75 Å². The molecule has 0 aliphatic carbocycles. The summed E-state index contributed by atoms with van der Waals surface area (Å²) in [6.45, 7) is 2.23. The Morgan fingerprint density at radius 3 is 2.58 bits per heavy atom. The fourth-order valence-corrected chi connectivity index (χ4v) is 3.12. The zero-order valence-corrected chi connectivity index (χ0v) is 18.9. The maximum atomic E-state index is 12.1. The van der Waals surface area contributed by atoms with Crippen LogP contribution in [0.25, 0.3) is 0 Å². The van der Waals surface area contributed by atoms with Crippen molar-refractivity contribution in [2.24, 2.45) is 5.10 Å². The minimum Gasteiger partial charge on any atom is -0.488 e. The average molecular weight is 501 g/mol. The van der Waals surface area contributed by atoms with Crippen LogP contribution in [0, 0.1) is 6.92 Å². The third-order valence-electron chi connectivity index (χ3n) is 4.21. The van der Waals surface area contributed by atoms with Gasteiger partial charge in [-0.1, -0.05) is 63.9 Å². The average Bonchev–Trinajstić information content (AvgIpc) is 2.76. The number of nitrogens with one attached hydrogen (secondary N) is 2. The molecule has 0 heterocycles. The van der Waals surface area contributed by atoms with Crippen LogP contribution in [0.4, 0.5) is 5.69 Å². The van der Waals surface area contributed by atoms with Gasteiger partial charge in [-0.3, -0.25) is 9.59 Å². The molecular weight excluding hydrogens is 482 g/mol. The minimum atomic E-state index is -0.908. The van der Waals surface area contributed by atoms with E-state index in [4.69, 9.17) is 16.3 Å². The van der Waals surface area contributed by atoms with Gasteiger partial charge in [0.1, 0.15) is 12.4 Å². The zero-order chi connectivity index (χ0) is 22.2. The van der Waals surface area contributed by atoms with E-state index in [1.165, 1.54) is 6.21 Å². The van der Waals surface area contributed by atoms with Crippen LogP contribution in [0.15, 0.2) is 76.3 Å². The highest BCUT2D eigenvalue weighted by molar-refractivity contribution is 9.10. The molecule has 0 aliphatic rings. The van der Waals surface area contributed by atoms with E-state index in [0.29, 0.717) is 28.6 Å². The number of carbonyl (C=O) groups is 2. The van der Waals surface area contributed by atoms with Crippen molar-refractivity contribution in [1.82, 2.24) is 5.43 Å². The highest BCUT2D eigenvalue weighted by Crippen LogP contribution is 2.23. The first-order valence-corrected chi connectivity index (χ1v) is 10.5. The molecule has 0 atom stereocenters. The number of ether oxygens (including phenoxy) is 1. The van der Waals surface area contributed by atoms with Crippen molar-refractivity contribution in [1.29, 1.82) is 0 Å². The predicted octanol–water partition coefficient (Wildman–Crippen LogP) is 5.08. The van der Waals surface area contributed by atoms with E-state index in [0.717, 1.165) is 15.6 Å².